The van der Waals surface area contributed by atoms with Gasteiger partial charge in [-0.05, 0) is 36.8 Å². The zero-order valence-corrected chi connectivity index (χ0v) is 18.0. The molecule has 152 valence electrons. The van der Waals surface area contributed by atoms with E-state index in [1.54, 1.807) is 42.0 Å². The number of fused-ring (bicyclic) bond motifs is 1. The lowest BCUT2D eigenvalue weighted by atomic mass is 10.2. The zero-order chi connectivity index (χ0) is 20.8. The van der Waals surface area contributed by atoms with Crippen LogP contribution in [0.5, 0.6) is 0 Å². The van der Waals surface area contributed by atoms with Gasteiger partial charge in [-0.2, -0.15) is 0 Å². The number of hydrogen-bond acceptors (Lipinski definition) is 5. The van der Waals surface area contributed by atoms with Gasteiger partial charge in [0, 0.05) is 25.9 Å². The number of hydrogen-bond donors (Lipinski definition) is 1. The molecule has 0 bridgehead atoms. The highest BCUT2D eigenvalue weighted by Gasteiger charge is 2.13. The second kappa shape index (κ2) is 10.1. The quantitative estimate of drug-likeness (QED) is 0.310. The van der Waals surface area contributed by atoms with Gasteiger partial charge in [-0.25, -0.2) is 4.98 Å². The van der Waals surface area contributed by atoms with Crippen molar-refractivity contribution in [1.82, 2.24) is 9.55 Å². The summed E-state index contributed by atoms with van der Waals surface area (Å²) in [4.78, 5) is 29.8. The molecule has 3 rings (SSSR count). The summed E-state index contributed by atoms with van der Waals surface area (Å²) in [6.07, 6.45) is 0.666. The van der Waals surface area contributed by atoms with Gasteiger partial charge in [0.05, 0.1) is 26.7 Å². The first-order chi connectivity index (χ1) is 14.0. The summed E-state index contributed by atoms with van der Waals surface area (Å²) < 4.78 is 6.68. The molecule has 1 heterocycles. The van der Waals surface area contributed by atoms with E-state index in [1.807, 2.05) is 12.1 Å². The van der Waals surface area contributed by atoms with E-state index in [0.717, 1.165) is 0 Å². The Morgan fingerprint density at radius 2 is 2.00 bits per heavy atom. The molecule has 0 aliphatic rings. The average molecular weight is 452 g/mol. The fourth-order valence-corrected chi connectivity index (χ4v) is 3.85. The van der Waals surface area contributed by atoms with Crippen LogP contribution in [0.2, 0.25) is 10.0 Å². The predicted octanol–water partition coefficient (Wildman–Crippen LogP) is 4.47. The second-order valence-corrected chi connectivity index (χ2v) is 7.94. The van der Waals surface area contributed by atoms with Crippen LogP contribution in [0.4, 0.5) is 5.69 Å². The normalized spacial score (nSPS) is 11.0. The molecule has 0 atom stereocenters. The molecular formula is C20H19Cl2N3O3S. The standard InChI is InChI=1S/C20H19Cl2N3O3S/c1-28-10-4-9-25-19(27)14-5-2-3-6-17(14)24-20(25)29-12-18(26)23-13-7-8-15(21)16(22)11-13/h2-3,5-8,11H,4,9-10,12H2,1H3,(H,23,26). The molecule has 0 radical (unpaired) electrons. The van der Waals surface area contributed by atoms with E-state index >= 15 is 0 Å². The van der Waals surface area contributed by atoms with Gasteiger partial charge in [0.2, 0.25) is 5.91 Å². The number of amides is 1. The van der Waals surface area contributed by atoms with Gasteiger partial charge in [-0.3, -0.25) is 14.2 Å². The Balaban J connectivity index is 1.78. The van der Waals surface area contributed by atoms with E-state index < -0.39 is 0 Å². The van der Waals surface area contributed by atoms with Crippen molar-refractivity contribution in [2.45, 2.75) is 18.1 Å². The minimum atomic E-state index is -0.237. The smallest absolute Gasteiger partial charge is 0.262 e. The molecule has 0 saturated heterocycles. The van der Waals surface area contributed by atoms with Gasteiger partial charge in [0.15, 0.2) is 5.16 Å². The summed E-state index contributed by atoms with van der Waals surface area (Å²) in [6, 6.07) is 12.1. The van der Waals surface area contributed by atoms with Gasteiger partial charge in [-0.1, -0.05) is 47.1 Å². The van der Waals surface area contributed by atoms with Gasteiger partial charge < -0.3 is 10.1 Å². The van der Waals surface area contributed by atoms with Crippen LogP contribution in [0.15, 0.2) is 52.4 Å². The maximum absolute atomic E-state index is 12.9. The van der Waals surface area contributed by atoms with E-state index in [-0.39, 0.29) is 17.2 Å². The van der Waals surface area contributed by atoms with Gasteiger partial charge >= 0.3 is 0 Å². The number of nitrogens with one attached hydrogen (secondary N) is 1. The molecule has 0 saturated carbocycles. The molecular weight excluding hydrogens is 433 g/mol. The third-order valence-electron chi connectivity index (χ3n) is 4.09. The van der Waals surface area contributed by atoms with Crippen LogP contribution in [0.25, 0.3) is 10.9 Å². The number of thioether (sulfide) groups is 1. The number of methoxy groups -OCH3 is 1. The monoisotopic (exact) mass is 451 g/mol. The van der Waals surface area contributed by atoms with Crippen LogP contribution >= 0.6 is 35.0 Å². The third-order valence-corrected chi connectivity index (χ3v) is 5.81. The molecule has 0 fully saturated rings. The topological polar surface area (TPSA) is 73.2 Å². The van der Waals surface area contributed by atoms with Crippen molar-refractivity contribution in [3.63, 3.8) is 0 Å². The van der Waals surface area contributed by atoms with E-state index in [9.17, 15) is 9.59 Å². The Bertz CT molecular complexity index is 1090. The average Bonchev–Trinajstić information content (AvgIpc) is 2.71. The first-order valence-corrected chi connectivity index (χ1v) is 10.6. The number of para-hydroxylation sites is 1. The predicted molar refractivity (Wildman–Crippen MR) is 118 cm³/mol. The molecule has 29 heavy (non-hydrogen) atoms. The van der Waals surface area contributed by atoms with Crippen molar-refractivity contribution in [2.24, 2.45) is 0 Å². The molecule has 1 aromatic heterocycles. The van der Waals surface area contributed by atoms with Gasteiger partial charge in [-0.15, -0.1) is 0 Å². The fourth-order valence-electron chi connectivity index (χ4n) is 2.72. The fraction of sp³-hybridized carbons (Fsp3) is 0.250. The lowest BCUT2D eigenvalue weighted by Gasteiger charge is -2.13. The Hall–Kier alpha value is -2.06. The molecule has 1 amide bonds. The zero-order valence-electron chi connectivity index (χ0n) is 15.7. The number of anilines is 1. The van der Waals surface area contributed by atoms with E-state index in [2.05, 4.69) is 10.3 Å². The van der Waals surface area contributed by atoms with Crippen LogP contribution < -0.4 is 10.9 Å². The minimum Gasteiger partial charge on any atom is -0.385 e. The van der Waals surface area contributed by atoms with E-state index in [4.69, 9.17) is 27.9 Å². The summed E-state index contributed by atoms with van der Waals surface area (Å²) in [6.45, 7) is 0.989. The highest BCUT2D eigenvalue weighted by Crippen LogP contribution is 2.25. The maximum Gasteiger partial charge on any atom is 0.262 e. The van der Waals surface area contributed by atoms with E-state index in [1.165, 1.54) is 11.8 Å². The van der Waals surface area contributed by atoms with Crippen LogP contribution in [-0.2, 0) is 16.1 Å². The maximum atomic E-state index is 12.9. The molecule has 2 aromatic carbocycles. The lowest BCUT2D eigenvalue weighted by molar-refractivity contribution is -0.113. The molecule has 3 aromatic rings. The van der Waals surface area contributed by atoms with Crippen molar-refractivity contribution in [3.05, 3.63) is 62.9 Å². The van der Waals surface area contributed by atoms with Crippen LogP contribution in [0.1, 0.15) is 6.42 Å². The van der Waals surface area contributed by atoms with Gasteiger partial charge in [0.25, 0.3) is 5.56 Å². The Labute approximate surface area is 182 Å². The number of carbonyl (C=O) groups is 1. The third kappa shape index (κ3) is 5.51. The van der Waals surface area contributed by atoms with Crippen molar-refractivity contribution >= 4 is 57.5 Å². The van der Waals surface area contributed by atoms with E-state index in [0.29, 0.717) is 51.4 Å². The first-order valence-electron chi connectivity index (χ1n) is 8.86. The largest absolute Gasteiger partial charge is 0.385 e. The molecule has 0 aliphatic heterocycles. The van der Waals surface area contributed by atoms with Crippen molar-refractivity contribution < 1.29 is 9.53 Å². The first kappa shape index (κ1) is 21.6. The number of halogens is 2. The minimum absolute atomic E-state index is 0.0926. The molecule has 6 nitrogen and oxygen atoms in total. The molecule has 1 N–H and O–H groups in total. The number of aromatic nitrogens is 2. The lowest BCUT2D eigenvalue weighted by Crippen LogP contribution is -2.25. The summed E-state index contributed by atoms with van der Waals surface area (Å²) in [5.74, 6) is -0.144. The SMILES string of the molecule is COCCCn1c(SCC(=O)Nc2ccc(Cl)c(Cl)c2)nc2ccccc2c1=O. The number of nitrogens with zero attached hydrogens (tertiary/aromatic N) is 2. The molecule has 0 unspecified atom stereocenters. The van der Waals surface area contributed by atoms with Crippen LogP contribution in [-0.4, -0.2) is 34.9 Å². The van der Waals surface area contributed by atoms with Crippen molar-refractivity contribution in [3.8, 4) is 0 Å². The number of benzene rings is 2. The van der Waals surface area contributed by atoms with Crippen molar-refractivity contribution in [1.29, 1.82) is 0 Å². The molecule has 9 heteroatoms. The van der Waals surface area contributed by atoms with Crippen LogP contribution in [0.3, 0.4) is 0 Å². The second-order valence-electron chi connectivity index (χ2n) is 6.18. The Morgan fingerprint density at radius 1 is 1.21 bits per heavy atom. The molecule has 0 aliphatic carbocycles. The summed E-state index contributed by atoms with van der Waals surface area (Å²) >= 11 is 13.1. The number of carbonyl (C=O) groups excluding carboxylic acids is 1. The summed E-state index contributed by atoms with van der Waals surface area (Å²) in [7, 11) is 1.62. The Morgan fingerprint density at radius 3 is 2.76 bits per heavy atom. The molecule has 0 spiro atoms. The summed E-state index contributed by atoms with van der Waals surface area (Å²) in [5, 5.41) is 4.59. The van der Waals surface area contributed by atoms with Crippen molar-refractivity contribution in [2.75, 3.05) is 24.8 Å². The number of ether oxygens (including phenoxy) is 1. The highest BCUT2D eigenvalue weighted by molar-refractivity contribution is 7.99. The Kier molecular flexibility index (Phi) is 7.55. The summed E-state index contributed by atoms with van der Waals surface area (Å²) in [5.41, 5.74) is 1.03. The highest BCUT2D eigenvalue weighted by atomic mass is 35.5. The van der Waals surface area contributed by atoms with Gasteiger partial charge in [0.1, 0.15) is 0 Å². The van der Waals surface area contributed by atoms with Crippen LogP contribution in [0, 0.1) is 0 Å². The number of rotatable bonds is 8.